The van der Waals surface area contributed by atoms with Crippen LogP contribution >= 0.6 is 0 Å². The molecule has 3 N–H and O–H groups in total. The highest BCUT2D eigenvalue weighted by Gasteiger charge is 2.14. The van der Waals surface area contributed by atoms with Gasteiger partial charge < -0.3 is 20.7 Å². The van der Waals surface area contributed by atoms with Crippen molar-refractivity contribution in [1.82, 2.24) is 10.6 Å². The van der Waals surface area contributed by atoms with Crippen LogP contribution in [0.2, 0.25) is 0 Å². The quantitative estimate of drug-likeness (QED) is 0.364. The lowest BCUT2D eigenvalue weighted by molar-refractivity contribution is -0.136. The van der Waals surface area contributed by atoms with Gasteiger partial charge >= 0.3 is 11.8 Å². The minimum absolute atomic E-state index is 0.306. The summed E-state index contributed by atoms with van der Waals surface area (Å²) >= 11 is 0. The van der Waals surface area contributed by atoms with Gasteiger partial charge in [-0.05, 0) is 25.5 Å². The van der Waals surface area contributed by atoms with Crippen molar-refractivity contribution >= 4 is 23.9 Å². The third kappa shape index (κ3) is 5.94. The van der Waals surface area contributed by atoms with E-state index >= 15 is 0 Å². The van der Waals surface area contributed by atoms with E-state index in [1.54, 1.807) is 24.3 Å². The van der Waals surface area contributed by atoms with E-state index in [0.717, 1.165) is 0 Å². The smallest absolute Gasteiger partial charge is 0.313 e. The highest BCUT2D eigenvalue weighted by atomic mass is 16.5. The topological polar surface area (TPSA) is 96.5 Å². The molecule has 0 atom stereocenters. The predicted octanol–water partition coefficient (Wildman–Crippen LogP) is 0.276. The van der Waals surface area contributed by atoms with Gasteiger partial charge in [-0.2, -0.15) is 0 Å². The van der Waals surface area contributed by atoms with Crippen molar-refractivity contribution in [1.29, 1.82) is 0 Å². The van der Waals surface area contributed by atoms with Gasteiger partial charge in [0.25, 0.3) is 0 Å². The maximum atomic E-state index is 11.7. The molecule has 1 aromatic carbocycles. The van der Waals surface area contributed by atoms with Crippen LogP contribution in [0.15, 0.2) is 24.3 Å². The molecule has 0 aliphatic carbocycles. The van der Waals surface area contributed by atoms with Gasteiger partial charge in [0.2, 0.25) is 6.41 Å². The zero-order valence-electron chi connectivity index (χ0n) is 11.8. The Hall–Kier alpha value is -2.57. The van der Waals surface area contributed by atoms with E-state index in [1.165, 1.54) is 0 Å². The summed E-state index contributed by atoms with van der Waals surface area (Å²) in [5.41, 5.74) is 0.446. The molecule has 0 aromatic heterocycles. The van der Waals surface area contributed by atoms with Crippen molar-refractivity contribution in [3.8, 4) is 5.75 Å². The van der Waals surface area contributed by atoms with Crippen LogP contribution in [0.1, 0.15) is 13.3 Å². The SMILES string of the molecule is CCOc1ccccc1NC(=O)C(=O)NCCCNC=O. The lowest BCUT2D eigenvalue weighted by Gasteiger charge is -2.11. The predicted molar refractivity (Wildman–Crippen MR) is 77.9 cm³/mol. The fourth-order valence-corrected chi connectivity index (χ4v) is 1.56. The molecule has 0 unspecified atom stereocenters. The van der Waals surface area contributed by atoms with Crippen molar-refractivity contribution in [2.45, 2.75) is 13.3 Å². The van der Waals surface area contributed by atoms with Gasteiger partial charge in [0.05, 0.1) is 12.3 Å². The van der Waals surface area contributed by atoms with Gasteiger partial charge in [0.15, 0.2) is 0 Å². The Morgan fingerprint density at radius 1 is 1.19 bits per heavy atom. The maximum absolute atomic E-state index is 11.7. The third-order valence-electron chi connectivity index (χ3n) is 2.51. The first-order valence-corrected chi connectivity index (χ1v) is 6.67. The molecule has 0 radical (unpaired) electrons. The van der Waals surface area contributed by atoms with Crippen LogP contribution in [0.4, 0.5) is 5.69 Å². The molecule has 21 heavy (non-hydrogen) atoms. The molecule has 0 aliphatic rings. The van der Waals surface area contributed by atoms with Crippen molar-refractivity contribution in [2.24, 2.45) is 0 Å². The number of nitrogens with one attached hydrogen (secondary N) is 3. The zero-order valence-corrected chi connectivity index (χ0v) is 11.8. The minimum Gasteiger partial charge on any atom is -0.492 e. The average molecular weight is 293 g/mol. The Balaban J connectivity index is 2.45. The molecule has 3 amide bonds. The van der Waals surface area contributed by atoms with Crippen LogP contribution in [-0.4, -0.2) is 37.9 Å². The van der Waals surface area contributed by atoms with Gasteiger partial charge in [0, 0.05) is 13.1 Å². The van der Waals surface area contributed by atoms with Crippen LogP contribution in [0, 0.1) is 0 Å². The maximum Gasteiger partial charge on any atom is 0.313 e. The van der Waals surface area contributed by atoms with E-state index in [2.05, 4.69) is 16.0 Å². The number of anilines is 1. The van der Waals surface area contributed by atoms with Crippen LogP contribution in [-0.2, 0) is 14.4 Å². The van der Waals surface area contributed by atoms with E-state index in [-0.39, 0.29) is 0 Å². The molecule has 0 saturated carbocycles. The van der Waals surface area contributed by atoms with Crippen molar-refractivity contribution in [2.75, 3.05) is 25.0 Å². The molecule has 0 heterocycles. The molecule has 0 fully saturated rings. The Labute approximate surface area is 123 Å². The fraction of sp³-hybridized carbons (Fsp3) is 0.357. The second-order valence-electron chi connectivity index (χ2n) is 4.06. The molecule has 1 aromatic rings. The van der Waals surface area contributed by atoms with E-state index in [9.17, 15) is 14.4 Å². The molecular formula is C14H19N3O4. The molecule has 7 heteroatoms. The summed E-state index contributed by atoms with van der Waals surface area (Å²) in [7, 11) is 0. The van der Waals surface area contributed by atoms with Crippen molar-refractivity contribution in [3.05, 3.63) is 24.3 Å². The number of benzene rings is 1. The number of rotatable bonds is 8. The second kappa shape index (κ2) is 9.35. The molecule has 114 valence electrons. The lowest BCUT2D eigenvalue weighted by Crippen LogP contribution is -2.36. The summed E-state index contributed by atoms with van der Waals surface area (Å²) in [6.45, 7) is 3.04. The first kappa shape index (κ1) is 16.5. The standard InChI is InChI=1S/C14H19N3O4/c1-2-21-12-7-4-3-6-11(12)17-14(20)13(19)16-9-5-8-15-10-18/h3-4,6-7,10H,2,5,8-9H2,1H3,(H,15,18)(H,16,19)(H,17,20). The normalized spacial score (nSPS) is 9.57. The summed E-state index contributed by atoms with van der Waals surface area (Å²) in [5.74, 6) is -0.978. The first-order chi connectivity index (χ1) is 10.2. The lowest BCUT2D eigenvalue weighted by atomic mass is 10.3. The number of carbonyl (C=O) groups is 3. The number of hydrogen-bond acceptors (Lipinski definition) is 4. The fourth-order valence-electron chi connectivity index (χ4n) is 1.56. The Bertz CT molecular complexity index is 491. The van der Waals surface area contributed by atoms with E-state index in [4.69, 9.17) is 4.74 Å². The van der Waals surface area contributed by atoms with Gasteiger partial charge in [-0.25, -0.2) is 0 Å². The number of para-hydroxylation sites is 2. The number of carbonyl (C=O) groups excluding carboxylic acids is 3. The minimum atomic E-state index is -0.759. The molecule has 1 rings (SSSR count). The first-order valence-electron chi connectivity index (χ1n) is 6.67. The zero-order chi connectivity index (χ0) is 15.5. The number of amides is 3. The molecule has 0 aliphatic heterocycles. The summed E-state index contributed by atoms with van der Waals surface area (Å²) < 4.78 is 5.36. The second-order valence-corrected chi connectivity index (χ2v) is 4.06. The van der Waals surface area contributed by atoms with Gasteiger partial charge in [-0.3, -0.25) is 14.4 Å². The van der Waals surface area contributed by atoms with Crippen LogP contribution in [0.3, 0.4) is 0 Å². The highest BCUT2D eigenvalue weighted by molar-refractivity contribution is 6.39. The van der Waals surface area contributed by atoms with E-state index < -0.39 is 11.8 Å². The van der Waals surface area contributed by atoms with Crippen molar-refractivity contribution in [3.63, 3.8) is 0 Å². The monoisotopic (exact) mass is 293 g/mol. The number of ether oxygens (including phenoxy) is 1. The Morgan fingerprint density at radius 2 is 1.95 bits per heavy atom. The Kier molecular flexibility index (Phi) is 7.34. The average Bonchev–Trinajstić information content (AvgIpc) is 2.49. The molecule has 7 nitrogen and oxygen atoms in total. The number of hydrogen-bond donors (Lipinski definition) is 3. The summed E-state index contributed by atoms with van der Waals surface area (Å²) in [4.78, 5) is 33.4. The largest absolute Gasteiger partial charge is 0.492 e. The van der Waals surface area contributed by atoms with Gasteiger partial charge in [-0.15, -0.1) is 0 Å². The molecule has 0 spiro atoms. The van der Waals surface area contributed by atoms with Gasteiger partial charge in [0.1, 0.15) is 5.75 Å². The van der Waals surface area contributed by atoms with Crippen LogP contribution in [0.25, 0.3) is 0 Å². The highest BCUT2D eigenvalue weighted by Crippen LogP contribution is 2.23. The summed E-state index contributed by atoms with van der Waals surface area (Å²) in [6, 6.07) is 6.88. The third-order valence-corrected chi connectivity index (χ3v) is 2.51. The molecular weight excluding hydrogens is 274 g/mol. The summed E-state index contributed by atoms with van der Waals surface area (Å²) in [5, 5.41) is 7.43. The summed E-state index contributed by atoms with van der Waals surface area (Å²) in [6.07, 6.45) is 1.13. The molecule has 0 saturated heterocycles. The molecule has 0 bridgehead atoms. The Morgan fingerprint density at radius 3 is 2.67 bits per heavy atom. The van der Waals surface area contributed by atoms with E-state index in [0.29, 0.717) is 44.0 Å². The van der Waals surface area contributed by atoms with E-state index in [1.807, 2.05) is 6.92 Å². The van der Waals surface area contributed by atoms with Crippen LogP contribution < -0.4 is 20.7 Å². The van der Waals surface area contributed by atoms with Crippen molar-refractivity contribution < 1.29 is 19.1 Å². The van der Waals surface area contributed by atoms with Crippen LogP contribution in [0.5, 0.6) is 5.75 Å². The van der Waals surface area contributed by atoms with Gasteiger partial charge in [-0.1, -0.05) is 12.1 Å².